The van der Waals surface area contributed by atoms with Crippen LogP contribution in [0.1, 0.15) is 20.8 Å². The Labute approximate surface area is 164 Å². The van der Waals surface area contributed by atoms with Crippen LogP contribution in [0.4, 0.5) is 5.82 Å². The maximum atomic E-state index is 12.2. The molecule has 4 rings (SSSR count). The van der Waals surface area contributed by atoms with E-state index in [2.05, 4.69) is 15.3 Å². The first-order valence-corrected chi connectivity index (χ1v) is 9.33. The summed E-state index contributed by atoms with van der Waals surface area (Å²) >= 11 is 1.35. The van der Waals surface area contributed by atoms with Gasteiger partial charge in [0.15, 0.2) is 0 Å². The maximum absolute atomic E-state index is 12.2. The Kier molecular flexibility index (Phi) is 4.74. The summed E-state index contributed by atoms with van der Waals surface area (Å²) in [6.07, 6.45) is 3.32. The van der Waals surface area contributed by atoms with Gasteiger partial charge in [-0.1, -0.05) is 36.4 Å². The number of pyridine rings is 1. The van der Waals surface area contributed by atoms with Crippen LogP contribution < -0.4 is 5.32 Å². The lowest BCUT2D eigenvalue weighted by Crippen LogP contribution is -2.11. The average Bonchev–Trinajstić information content (AvgIpc) is 3.36. The zero-order valence-electron chi connectivity index (χ0n) is 14.5. The zero-order chi connectivity index (χ0) is 19.5. The molecule has 0 atom stereocenters. The Morgan fingerprint density at radius 1 is 1.07 bits per heavy atom. The van der Waals surface area contributed by atoms with Crippen LogP contribution in [0.15, 0.2) is 66.2 Å². The molecule has 3 aromatic heterocycles. The van der Waals surface area contributed by atoms with Gasteiger partial charge in [-0.05, 0) is 35.2 Å². The van der Waals surface area contributed by atoms with Gasteiger partial charge in [-0.15, -0.1) is 11.3 Å². The number of aromatic nitrogens is 2. The minimum Gasteiger partial charge on any atom is -0.478 e. The first-order chi connectivity index (χ1) is 13.6. The highest BCUT2D eigenvalue weighted by atomic mass is 32.1. The Bertz CT molecular complexity index is 1180. The molecular formula is C21H15N3O3S. The maximum Gasteiger partial charge on any atom is 0.336 e. The second-order valence-electron chi connectivity index (χ2n) is 6.00. The van der Waals surface area contributed by atoms with Crippen LogP contribution in [0.2, 0.25) is 0 Å². The lowest BCUT2D eigenvalue weighted by molar-refractivity contribution is -0.130. The molecule has 0 bridgehead atoms. The molecular weight excluding hydrogens is 374 g/mol. The van der Waals surface area contributed by atoms with E-state index in [4.69, 9.17) is 0 Å². The van der Waals surface area contributed by atoms with E-state index >= 15 is 0 Å². The predicted molar refractivity (Wildman–Crippen MR) is 110 cm³/mol. The van der Waals surface area contributed by atoms with Crippen molar-refractivity contribution in [3.05, 3.63) is 82.2 Å². The number of fused-ring (bicyclic) bond motifs is 1. The second kappa shape index (κ2) is 7.50. The number of carboxylic acids is 1. The predicted octanol–water partition coefficient (Wildman–Crippen LogP) is 4.50. The van der Waals surface area contributed by atoms with Gasteiger partial charge in [0.25, 0.3) is 5.91 Å². The molecule has 3 heterocycles. The molecule has 7 heteroatoms. The molecule has 3 N–H and O–H groups in total. The summed E-state index contributed by atoms with van der Waals surface area (Å²) in [6.45, 7) is 0. The normalized spacial score (nSPS) is 11.5. The summed E-state index contributed by atoms with van der Waals surface area (Å²) in [7, 11) is 0. The minimum atomic E-state index is -1.01. The first kappa shape index (κ1) is 17.7. The van der Waals surface area contributed by atoms with Crippen molar-refractivity contribution in [2.45, 2.75) is 0 Å². The molecule has 0 aliphatic rings. The van der Waals surface area contributed by atoms with E-state index in [1.807, 2.05) is 17.5 Å². The van der Waals surface area contributed by atoms with Gasteiger partial charge < -0.3 is 15.4 Å². The van der Waals surface area contributed by atoms with Crippen LogP contribution in [-0.2, 0) is 4.79 Å². The Morgan fingerprint density at radius 2 is 1.89 bits per heavy atom. The summed E-state index contributed by atoms with van der Waals surface area (Å²) in [5.41, 5.74) is 2.08. The van der Waals surface area contributed by atoms with Crippen molar-refractivity contribution in [3.63, 3.8) is 0 Å². The monoisotopic (exact) mass is 389 g/mol. The largest absolute Gasteiger partial charge is 0.478 e. The molecule has 138 valence electrons. The van der Waals surface area contributed by atoms with E-state index in [9.17, 15) is 14.7 Å². The van der Waals surface area contributed by atoms with Crippen molar-refractivity contribution in [2.24, 2.45) is 0 Å². The third-order valence-corrected chi connectivity index (χ3v) is 5.04. The summed E-state index contributed by atoms with van der Waals surface area (Å²) in [5, 5.41) is 15.0. The molecule has 0 radical (unpaired) electrons. The van der Waals surface area contributed by atoms with Crippen LogP contribution in [0.5, 0.6) is 0 Å². The van der Waals surface area contributed by atoms with E-state index in [0.29, 0.717) is 27.5 Å². The number of carbonyl (C=O) groups excluding carboxylic acids is 1. The second-order valence-corrected chi connectivity index (χ2v) is 6.94. The van der Waals surface area contributed by atoms with Crippen molar-refractivity contribution in [2.75, 3.05) is 5.32 Å². The molecule has 6 nitrogen and oxygen atoms in total. The number of rotatable bonds is 5. The number of carbonyl (C=O) groups is 2. The molecule has 1 amide bonds. The van der Waals surface area contributed by atoms with Crippen molar-refractivity contribution in [3.8, 4) is 0 Å². The van der Waals surface area contributed by atoms with Crippen LogP contribution in [0.3, 0.4) is 0 Å². The van der Waals surface area contributed by atoms with Gasteiger partial charge in [0, 0.05) is 17.1 Å². The zero-order valence-corrected chi connectivity index (χ0v) is 15.4. The number of aliphatic carboxylic acids is 1. The highest BCUT2D eigenvalue weighted by Gasteiger charge is 2.13. The SMILES string of the molecule is O=C(O)C(=Cc1c[nH]c2nc(NC(=O)c3cccs3)ccc12)c1ccccc1. The highest BCUT2D eigenvalue weighted by Crippen LogP contribution is 2.25. The van der Waals surface area contributed by atoms with Crippen LogP contribution in [-0.4, -0.2) is 27.0 Å². The summed E-state index contributed by atoms with van der Waals surface area (Å²) < 4.78 is 0. The summed E-state index contributed by atoms with van der Waals surface area (Å²) in [4.78, 5) is 31.9. The van der Waals surface area contributed by atoms with Crippen molar-refractivity contribution >= 4 is 51.7 Å². The summed E-state index contributed by atoms with van der Waals surface area (Å²) in [6, 6.07) is 16.0. The van der Waals surface area contributed by atoms with E-state index < -0.39 is 5.97 Å². The van der Waals surface area contributed by atoms with E-state index in [1.54, 1.807) is 54.7 Å². The number of hydrogen-bond donors (Lipinski definition) is 3. The van der Waals surface area contributed by atoms with E-state index in [0.717, 1.165) is 5.39 Å². The smallest absolute Gasteiger partial charge is 0.336 e. The lowest BCUT2D eigenvalue weighted by Gasteiger charge is -2.04. The number of thiophene rings is 1. The van der Waals surface area contributed by atoms with Gasteiger partial charge in [0.05, 0.1) is 10.5 Å². The quantitative estimate of drug-likeness (QED) is 0.438. The number of nitrogens with one attached hydrogen (secondary N) is 2. The molecule has 0 saturated carbocycles. The molecule has 1 aromatic carbocycles. The molecule has 28 heavy (non-hydrogen) atoms. The topological polar surface area (TPSA) is 95.1 Å². The number of aromatic amines is 1. The molecule has 0 aliphatic heterocycles. The van der Waals surface area contributed by atoms with Gasteiger partial charge in [0.2, 0.25) is 0 Å². The number of amides is 1. The van der Waals surface area contributed by atoms with Gasteiger partial charge in [-0.2, -0.15) is 0 Å². The van der Waals surface area contributed by atoms with Gasteiger partial charge in [0.1, 0.15) is 11.5 Å². The fraction of sp³-hybridized carbons (Fsp3) is 0. The number of benzene rings is 1. The lowest BCUT2D eigenvalue weighted by atomic mass is 10.0. The van der Waals surface area contributed by atoms with Crippen LogP contribution in [0, 0.1) is 0 Å². The first-order valence-electron chi connectivity index (χ1n) is 8.45. The number of nitrogens with zero attached hydrogens (tertiary/aromatic N) is 1. The standard InChI is InChI=1S/C21H15N3O3S/c25-20(17-7-4-10-28-17)24-18-9-8-15-14(12-22-19(15)23-18)11-16(21(26)27)13-5-2-1-3-6-13/h1-12H,(H,26,27)(H2,22,23,24,25). The van der Waals surface area contributed by atoms with Gasteiger partial charge in [-0.25, -0.2) is 9.78 Å². The minimum absolute atomic E-state index is 0.191. The Hall–Kier alpha value is -3.71. The molecule has 0 spiro atoms. The third kappa shape index (κ3) is 3.56. The number of hydrogen-bond acceptors (Lipinski definition) is 4. The number of anilines is 1. The van der Waals surface area contributed by atoms with E-state index in [1.165, 1.54) is 11.3 Å². The molecule has 4 aromatic rings. The molecule has 0 fully saturated rings. The fourth-order valence-electron chi connectivity index (χ4n) is 2.84. The van der Waals surface area contributed by atoms with Crippen molar-refractivity contribution in [1.82, 2.24) is 9.97 Å². The molecule has 0 aliphatic carbocycles. The average molecular weight is 389 g/mol. The van der Waals surface area contributed by atoms with E-state index in [-0.39, 0.29) is 11.5 Å². The highest BCUT2D eigenvalue weighted by molar-refractivity contribution is 7.12. The van der Waals surface area contributed by atoms with Crippen LogP contribution in [0.25, 0.3) is 22.7 Å². The van der Waals surface area contributed by atoms with Gasteiger partial charge in [-0.3, -0.25) is 4.79 Å². The van der Waals surface area contributed by atoms with Crippen molar-refractivity contribution < 1.29 is 14.7 Å². The fourth-order valence-corrected chi connectivity index (χ4v) is 3.46. The number of carboxylic acid groups (broad SMARTS) is 1. The van der Waals surface area contributed by atoms with Crippen LogP contribution >= 0.6 is 11.3 Å². The molecule has 0 unspecified atom stereocenters. The van der Waals surface area contributed by atoms with Gasteiger partial charge >= 0.3 is 5.97 Å². The Morgan fingerprint density at radius 3 is 2.61 bits per heavy atom. The number of H-pyrrole nitrogens is 1. The summed E-state index contributed by atoms with van der Waals surface area (Å²) in [5.74, 6) is -0.802. The third-order valence-electron chi connectivity index (χ3n) is 4.17. The Balaban J connectivity index is 1.66. The molecule has 0 saturated heterocycles. The van der Waals surface area contributed by atoms with Crippen molar-refractivity contribution in [1.29, 1.82) is 0 Å².